The molecule has 0 aliphatic heterocycles. The van der Waals surface area contributed by atoms with Crippen LogP contribution in [0.5, 0.6) is 5.75 Å². The second-order valence-corrected chi connectivity index (χ2v) is 4.68. The van der Waals surface area contributed by atoms with E-state index in [1.165, 1.54) is 12.3 Å². The molecule has 5 nitrogen and oxygen atoms in total. The van der Waals surface area contributed by atoms with Crippen molar-refractivity contribution in [2.24, 2.45) is 0 Å². The molecule has 0 aliphatic rings. The average Bonchev–Trinajstić information content (AvgIpc) is 2.27. The molecule has 5 heteroatoms. The topological polar surface area (TPSA) is 62.7 Å². The summed E-state index contributed by atoms with van der Waals surface area (Å²) in [6, 6.07) is 3.04. The van der Waals surface area contributed by atoms with Crippen molar-refractivity contribution in [1.29, 1.82) is 0 Å². The third-order valence-electron chi connectivity index (χ3n) is 2.76. The first kappa shape index (κ1) is 13.4. The number of hydrogen-bond acceptors (Lipinski definition) is 4. The van der Waals surface area contributed by atoms with Crippen molar-refractivity contribution in [3.8, 4) is 5.75 Å². The van der Waals surface area contributed by atoms with Crippen LogP contribution in [0.25, 0.3) is 0 Å². The SMILES string of the molecule is CN(C)C(C)(C)COc1ccc(C(=O)O)nc1. The van der Waals surface area contributed by atoms with E-state index in [9.17, 15) is 4.79 Å². The van der Waals surface area contributed by atoms with Gasteiger partial charge < -0.3 is 14.7 Å². The Kier molecular flexibility index (Phi) is 4.07. The minimum atomic E-state index is -1.04. The fourth-order valence-corrected chi connectivity index (χ4v) is 0.981. The van der Waals surface area contributed by atoms with Gasteiger partial charge in [0.25, 0.3) is 0 Å². The summed E-state index contributed by atoms with van der Waals surface area (Å²) in [5, 5.41) is 8.70. The van der Waals surface area contributed by atoms with Crippen molar-refractivity contribution in [3.63, 3.8) is 0 Å². The van der Waals surface area contributed by atoms with Crippen LogP contribution in [-0.2, 0) is 0 Å². The molecule has 0 spiro atoms. The van der Waals surface area contributed by atoms with Gasteiger partial charge in [0.1, 0.15) is 18.1 Å². The number of hydrogen-bond donors (Lipinski definition) is 1. The number of aromatic carboxylic acids is 1. The molecule has 0 atom stereocenters. The maximum atomic E-state index is 10.6. The molecule has 0 bridgehead atoms. The van der Waals surface area contributed by atoms with E-state index in [1.807, 2.05) is 14.1 Å². The Balaban J connectivity index is 2.62. The van der Waals surface area contributed by atoms with Crippen molar-refractivity contribution < 1.29 is 14.6 Å². The normalized spacial score (nSPS) is 11.6. The van der Waals surface area contributed by atoms with Crippen LogP contribution < -0.4 is 4.74 Å². The standard InChI is InChI=1S/C12H18N2O3/c1-12(2,14(3)4)8-17-9-5-6-10(11(15)16)13-7-9/h5-7H,8H2,1-4H3,(H,15,16). The molecule has 17 heavy (non-hydrogen) atoms. The number of pyridine rings is 1. The number of rotatable bonds is 5. The maximum absolute atomic E-state index is 10.6. The molecule has 1 aromatic rings. The zero-order valence-electron chi connectivity index (χ0n) is 10.6. The van der Waals surface area contributed by atoms with Crippen molar-refractivity contribution in [3.05, 3.63) is 24.0 Å². The molecule has 1 aromatic heterocycles. The lowest BCUT2D eigenvalue weighted by Gasteiger charge is -2.32. The lowest BCUT2D eigenvalue weighted by molar-refractivity contribution is 0.0690. The van der Waals surface area contributed by atoms with E-state index in [-0.39, 0.29) is 11.2 Å². The summed E-state index contributed by atoms with van der Waals surface area (Å²) in [5.74, 6) is -0.463. The van der Waals surface area contributed by atoms with E-state index < -0.39 is 5.97 Å². The molecule has 1 heterocycles. The molecule has 0 unspecified atom stereocenters. The number of carbonyl (C=O) groups is 1. The Bertz CT molecular complexity index is 385. The summed E-state index contributed by atoms with van der Waals surface area (Å²) in [6.45, 7) is 4.63. The number of likely N-dealkylation sites (N-methyl/N-ethyl adjacent to an activating group) is 1. The molecule has 1 N–H and O–H groups in total. The molecule has 0 radical (unpaired) electrons. The predicted molar refractivity (Wildman–Crippen MR) is 64.5 cm³/mol. The highest BCUT2D eigenvalue weighted by atomic mass is 16.5. The summed E-state index contributed by atoms with van der Waals surface area (Å²) in [4.78, 5) is 16.5. The second kappa shape index (κ2) is 5.14. The molecular formula is C12H18N2O3. The van der Waals surface area contributed by atoms with Crippen LogP contribution in [0.2, 0.25) is 0 Å². The van der Waals surface area contributed by atoms with Crippen LogP contribution in [0.15, 0.2) is 18.3 Å². The Hall–Kier alpha value is -1.62. The number of carboxylic acid groups (broad SMARTS) is 1. The summed E-state index contributed by atoms with van der Waals surface area (Å²) in [6.07, 6.45) is 1.43. The van der Waals surface area contributed by atoms with Crippen LogP contribution >= 0.6 is 0 Å². The van der Waals surface area contributed by atoms with Crippen molar-refractivity contribution in [2.45, 2.75) is 19.4 Å². The second-order valence-electron chi connectivity index (χ2n) is 4.68. The molecule has 94 valence electrons. The number of carboxylic acids is 1. The van der Waals surface area contributed by atoms with Gasteiger partial charge in [0.15, 0.2) is 0 Å². The zero-order chi connectivity index (χ0) is 13.1. The van der Waals surface area contributed by atoms with Crippen LogP contribution in [-0.4, -0.2) is 47.2 Å². The smallest absolute Gasteiger partial charge is 0.354 e. The minimum absolute atomic E-state index is 0.0178. The van der Waals surface area contributed by atoms with E-state index in [0.717, 1.165) is 0 Å². The van der Waals surface area contributed by atoms with Gasteiger partial charge in [-0.25, -0.2) is 9.78 Å². The van der Waals surface area contributed by atoms with Gasteiger partial charge in [0, 0.05) is 5.54 Å². The largest absolute Gasteiger partial charge is 0.490 e. The molecule has 0 saturated carbocycles. The number of aromatic nitrogens is 1. The van der Waals surface area contributed by atoms with Crippen molar-refractivity contribution in [2.75, 3.05) is 20.7 Å². The zero-order valence-corrected chi connectivity index (χ0v) is 10.6. The Labute approximate surface area is 101 Å². The number of ether oxygens (including phenoxy) is 1. The highest BCUT2D eigenvalue weighted by Crippen LogP contribution is 2.15. The molecule has 1 rings (SSSR count). The highest BCUT2D eigenvalue weighted by Gasteiger charge is 2.21. The fourth-order valence-electron chi connectivity index (χ4n) is 0.981. The van der Waals surface area contributed by atoms with Crippen LogP contribution in [0.4, 0.5) is 0 Å². The molecule has 0 fully saturated rings. The molecule has 0 amide bonds. The van der Waals surface area contributed by atoms with E-state index in [1.54, 1.807) is 6.07 Å². The Morgan fingerprint density at radius 2 is 2.12 bits per heavy atom. The minimum Gasteiger partial charge on any atom is -0.490 e. The van der Waals surface area contributed by atoms with E-state index in [0.29, 0.717) is 12.4 Å². The highest BCUT2D eigenvalue weighted by molar-refractivity contribution is 5.85. The molecule has 0 saturated heterocycles. The van der Waals surface area contributed by atoms with Crippen LogP contribution in [0, 0.1) is 0 Å². The lowest BCUT2D eigenvalue weighted by Crippen LogP contribution is -2.43. The van der Waals surface area contributed by atoms with Gasteiger partial charge in [0.05, 0.1) is 6.20 Å². The Morgan fingerprint density at radius 1 is 1.47 bits per heavy atom. The van der Waals surface area contributed by atoms with Gasteiger partial charge in [-0.05, 0) is 40.1 Å². The molecule has 0 aromatic carbocycles. The van der Waals surface area contributed by atoms with Crippen molar-refractivity contribution >= 4 is 5.97 Å². The van der Waals surface area contributed by atoms with Gasteiger partial charge in [0.2, 0.25) is 0 Å². The summed E-state index contributed by atoms with van der Waals surface area (Å²) in [7, 11) is 3.96. The van der Waals surface area contributed by atoms with Gasteiger partial charge in [-0.1, -0.05) is 0 Å². The van der Waals surface area contributed by atoms with Gasteiger partial charge >= 0.3 is 5.97 Å². The van der Waals surface area contributed by atoms with Gasteiger partial charge in [-0.15, -0.1) is 0 Å². The first-order valence-corrected chi connectivity index (χ1v) is 5.32. The van der Waals surface area contributed by atoms with Crippen LogP contribution in [0.1, 0.15) is 24.3 Å². The van der Waals surface area contributed by atoms with E-state index >= 15 is 0 Å². The lowest BCUT2D eigenvalue weighted by atomic mass is 10.1. The average molecular weight is 238 g/mol. The van der Waals surface area contributed by atoms with E-state index in [2.05, 4.69) is 23.7 Å². The maximum Gasteiger partial charge on any atom is 0.354 e. The summed E-state index contributed by atoms with van der Waals surface area (Å²) in [5.41, 5.74) is -0.0740. The summed E-state index contributed by atoms with van der Waals surface area (Å²) >= 11 is 0. The monoisotopic (exact) mass is 238 g/mol. The van der Waals surface area contributed by atoms with Crippen molar-refractivity contribution in [1.82, 2.24) is 9.88 Å². The van der Waals surface area contributed by atoms with Gasteiger partial charge in [-0.3, -0.25) is 0 Å². The van der Waals surface area contributed by atoms with E-state index in [4.69, 9.17) is 9.84 Å². The number of nitrogens with zero attached hydrogens (tertiary/aromatic N) is 2. The quantitative estimate of drug-likeness (QED) is 0.842. The Morgan fingerprint density at radius 3 is 2.53 bits per heavy atom. The fraction of sp³-hybridized carbons (Fsp3) is 0.500. The first-order valence-electron chi connectivity index (χ1n) is 5.32. The predicted octanol–water partition coefficient (Wildman–Crippen LogP) is 1.50. The van der Waals surface area contributed by atoms with Crippen LogP contribution in [0.3, 0.4) is 0 Å². The van der Waals surface area contributed by atoms with Gasteiger partial charge in [-0.2, -0.15) is 0 Å². The third-order valence-corrected chi connectivity index (χ3v) is 2.76. The third kappa shape index (κ3) is 3.71. The molecular weight excluding hydrogens is 220 g/mol. The first-order chi connectivity index (χ1) is 7.83. The molecule has 0 aliphatic carbocycles. The summed E-state index contributed by atoms with van der Waals surface area (Å²) < 4.78 is 5.57.